The second-order valence-electron chi connectivity index (χ2n) is 2.44. The lowest BCUT2D eigenvalue weighted by molar-refractivity contribution is 0.101. The Hall–Kier alpha value is -1.38. The van der Waals surface area contributed by atoms with Gasteiger partial charge in [0.15, 0.2) is 5.78 Å². The van der Waals surface area contributed by atoms with Crippen molar-refractivity contribution in [3.63, 3.8) is 0 Å². The Balaban J connectivity index is 3.20. The summed E-state index contributed by atoms with van der Waals surface area (Å²) in [5, 5.41) is 0. The van der Waals surface area contributed by atoms with Gasteiger partial charge < -0.3 is 5.73 Å². The Morgan fingerprint density at radius 2 is 2.18 bits per heavy atom. The number of rotatable bonds is 1. The van der Waals surface area contributed by atoms with Gasteiger partial charge in [0.25, 0.3) is 0 Å². The van der Waals surface area contributed by atoms with E-state index in [2.05, 4.69) is 4.98 Å². The number of pyridine rings is 1. The average molecular weight is 150 g/mol. The highest BCUT2D eigenvalue weighted by molar-refractivity contribution is 5.98. The average Bonchev–Trinajstić information content (AvgIpc) is 1.85. The van der Waals surface area contributed by atoms with Crippen LogP contribution >= 0.6 is 0 Å². The third-order valence-corrected chi connectivity index (χ3v) is 1.44. The molecule has 0 radical (unpaired) electrons. The molecule has 0 fully saturated rings. The minimum absolute atomic E-state index is 0.0463. The zero-order valence-corrected chi connectivity index (χ0v) is 6.59. The van der Waals surface area contributed by atoms with Crippen molar-refractivity contribution in [2.75, 3.05) is 5.73 Å². The van der Waals surface area contributed by atoms with Gasteiger partial charge in [0.2, 0.25) is 0 Å². The van der Waals surface area contributed by atoms with Gasteiger partial charge in [-0.2, -0.15) is 0 Å². The first-order valence-electron chi connectivity index (χ1n) is 3.35. The molecule has 1 aromatic rings. The van der Waals surface area contributed by atoms with Gasteiger partial charge in [-0.3, -0.25) is 4.79 Å². The molecule has 0 saturated heterocycles. The molecular weight excluding hydrogens is 140 g/mol. The molecule has 2 N–H and O–H groups in total. The highest BCUT2D eigenvalue weighted by atomic mass is 16.1. The number of nitrogens with zero attached hydrogens (tertiary/aromatic N) is 1. The van der Waals surface area contributed by atoms with Crippen LogP contribution in [0.2, 0.25) is 0 Å². The van der Waals surface area contributed by atoms with Crippen molar-refractivity contribution in [3.8, 4) is 0 Å². The Labute approximate surface area is 65.2 Å². The van der Waals surface area contributed by atoms with Crippen molar-refractivity contribution in [2.45, 2.75) is 13.8 Å². The number of nitrogen functional groups attached to an aromatic ring is 1. The molecule has 0 unspecified atom stereocenters. The molecule has 0 aliphatic rings. The lowest BCUT2D eigenvalue weighted by Crippen LogP contribution is -2.02. The smallest absolute Gasteiger partial charge is 0.163 e. The molecule has 0 spiro atoms. The van der Waals surface area contributed by atoms with Crippen LogP contribution in [0.4, 0.5) is 5.82 Å². The summed E-state index contributed by atoms with van der Waals surface area (Å²) < 4.78 is 0. The van der Waals surface area contributed by atoms with Crippen LogP contribution in [0, 0.1) is 6.92 Å². The van der Waals surface area contributed by atoms with Crippen molar-refractivity contribution < 1.29 is 4.79 Å². The van der Waals surface area contributed by atoms with E-state index in [1.807, 2.05) is 6.92 Å². The quantitative estimate of drug-likeness (QED) is 0.611. The Bertz CT molecular complexity index is 294. The van der Waals surface area contributed by atoms with Crippen LogP contribution in [0.5, 0.6) is 0 Å². The maximum absolute atomic E-state index is 10.9. The molecule has 0 atom stereocenters. The van der Waals surface area contributed by atoms with Crippen LogP contribution in [0.25, 0.3) is 0 Å². The van der Waals surface area contributed by atoms with Crippen LogP contribution in [0.3, 0.4) is 0 Å². The number of hydrogen-bond acceptors (Lipinski definition) is 3. The number of carbonyl (C=O) groups excluding carboxylic acids is 1. The maximum Gasteiger partial charge on any atom is 0.163 e. The molecule has 0 amide bonds. The van der Waals surface area contributed by atoms with E-state index in [0.717, 1.165) is 5.69 Å². The van der Waals surface area contributed by atoms with Gasteiger partial charge in [-0.05, 0) is 26.0 Å². The van der Waals surface area contributed by atoms with Crippen LogP contribution in [0.15, 0.2) is 12.1 Å². The van der Waals surface area contributed by atoms with E-state index in [-0.39, 0.29) is 5.78 Å². The fourth-order valence-corrected chi connectivity index (χ4v) is 0.875. The number of Topliss-reactive ketones (excluding diaryl/α,β-unsaturated/α-hetero) is 1. The van der Waals surface area contributed by atoms with Gasteiger partial charge in [-0.1, -0.05) is 0 Å². The third-order valence-electron chi connectivity index (χ3n) is 1.44. The van der Waals surface area contributed by atoms with Crippen LogP contribution in [0.1, 0.15) is 23.0 Å². The molecular formula is C8H10N2O. The minimum atomic E-state index is -0.0463. The number of anilines is 1. The summed E-state index contributed by atoms with van der Waals surface area (Å²) in [4.78, 5) is 14.8. The Morgan fingerprint density at radius 1 is 1.55 bits per heavy atom. The zero-order valence-electron chi connectivity index (χ0n) is 6.59. The maximum atomic E-state index is 10.9. The summed E-state index contributed by atoms with van der Waals surface area (Å²) >= 11 is 0. The van der Waals surface area contributed by atoms with E-state index < -0.39 is 0 Å². The topological polar surface area (TPSA) is 56.0 Å². The van der Waals surface area contributed by atoms with Gasteiger partial charge in [-0.15, -0.1) is 0 Å². The second-order valence-corrected chi connectivity index (χ2v) is 2.44. The van der Waals surface area contributed by atoms with E-state index in [0.29, 0.717) is 11.4 Å². The molecule has 0 bridgehead atoms. The molecule has 3 heteroatoms. The summed E-state index contributed by atoms with van der Waals surface area (Å²) in [7, 11) is 0. The zero-order chi connectivity index (χ0) is 8.43. The minimum Gasteiger partial charge on any atom is -0.383 e. The van der Waals surface area contributed by atoms with Crippen LogP contribution < -0.4 is 5.73 Å². The van der Waals surface area contributed by atoms with E-state index in [4.69, 9.17) is 5.73 Å². The number of aromatic nitrogens is 1. The molecule has 0 aliphatic carbocycles. The molecule has 0 saturated carbocycles. The molecule has 11 heavy (non-hydrogen) atoms. The molecule has 1 aromatic heterocycles. The van der Waals surface area contributed by atoms with Gasteiger partial charge >= 0.3 is 0 Å². The van der Waals surface area contributed by atoms with Gasteiger partial charge in [0, 0.05) is 5.69 Å². The largest absolute Gasteiger partial charge is 0.383 e. The monoisotopic (exact) mass is 150 g/mol. The van der Waals surface area contributed by atoms with Gasteiger partial charge in [0.1, 0.15) is 5.82 Å². The molecule has 3 nitrogen and oxygen atoms in total. The molecule has 58 valence electrons. The van der Waals surface area contributed by atoms with Crippen molar-refractivity contribution in [3.05, 3.63) is 23.4 Å². The van der Waals surface area contributed by atoms with E-state index in [1.165, 1.54) is 6.92 Å². The van der Waals surface area contributed by atoms with Crippen molar-refractivity contribution in [1.82, 2.24) is 4.98 Å². The van der Waals surface area contributed by atoms with E-state index in [1.54, 1.807) is 12.1 Å². The Kier molecular flexibility index (Phi) is 1.89. The highest BCUT2D eigenvalue weighted by Gasteiger charge is 2.04. The first kappa shape index (κ1) is 7.72. The standard InChI is InChI=1S/C8H10N2O/c1-5-3-4-7(6(2)11)8(9)10-5/h3-4H,1-2H3,(H2,9,10). The fraction of sp³-hybridized carbons (Fsp3) is 0.250. The van der Waals surface area contributed by atoms with Crippen LogP contribution in [-0.2, 0) is 0 Å². The van der Waals surface area contributed by atoms with Gasteiger partial charge in [-0.25, -0.2) is 4.98 Å². The number of hydrogen-bond donors (Lipinski definition) is 1. The predicted molar refractivity (Wildman–Crippen MR) is 43.4 cm³/mol. The summed E-state index contributed by atoms with van der Waals surface area (Å²) in [5.41, 5.74) is 6.81. The first-order valence-corrected chi connectivity index (χ1v) is 3.35. The fourth-order valence-electron chi connectivity index (χ4n) is 0.875. The lowest BCUT2D eigenvalue weighted by atomic mass is 10.2. The van der Waals surface area contributed by atoms with E-state index in [9.17, 15) is 4.79 Å². The number of ketones is 1. The van der Waals surface area contributed by atoms with Crippen molar-refractivity contribution >= 4 is 11.6 Å². The predicted octanol–water partition coefficient (Wildman–Crippen LogP) is 1.17. The Morgan fingerprint density at radius 3 is 2.64 bits per heavy atom. The summed E-state index contributed by atoms with van der Waals surface area (Å²) in [5.74, 6) is 0.271. The molecule has 0 aliphatic heterocycles. The SMILES string of the molecule is CC(=O)c1ccc(C)nc1N. The van der Waals surface area contributed by atoms with Gasteiger partial charge in [0.05, 0.1) is 5.56 Å². The first-order chi connectivity index (χ1) is 5.11. The molecule has 0 aromatic carbocycles. The van der Waals surface area contributed by atoms with Crippen molar-refractivity contribution in [1.29, 1.82) is 0 Å². The normalized spacial score (nSPS) is 9.64. The summed E-state index contributed by atoms with van der Waals surface area (Å²) in [6, 6.07) is 3.47. The summed E-state index contributed by atoms with van der Waals surface area (Å²) in [6.45, 7) is 3.31. The number of nitrogens with two attached hydrogens (primary N) is 1. The van der Waals surface area contributed by atoms with E-state index >= 15 is 0 Å². The highest BCUT2D eigenvalue weighted by Crippen LogP contribution is 2.09. The third kappa shape index (κ3) is 1.55. The lowest BCUT2D eigenvalue weighted by Gasteiger charge is -2.00. The second kappa shape index (κ2) is 2.70. The summed E-state index contributed by atoms with van der Waals surface area (Å²) in [6.07, 6.45) is 0. The van der Waals surface area contributed by atoms with Crippen LogP contribution in [-0.4, -0.2) is 10.8 Å². The molecule has 1 heterocycles. The number of carbonyl (C=O) groups is 1. The molecule has 1 rings (SSSR count). The van der Waals surface area contributed by atoms with Crippen molar-refractivity contribution in [2.24, 2.45) is 0 Å². The number of aryl methyl sites for hydroxylation is 1.